The third-order valence-corrected chi connectivity index (χ3v) is 4.41. The first kappa shape index (κ1) is 20.0. The number of amides is 1. The van der Waals surface area contributed by atoms with E-state index >= 15 is 0 Å². The Kier molecular flexibility index (Phi) is 6.81. The summed E-state index contributed by atoms with van der Waals surface area (Å²) in [6.45, 7) is 7.43. The zero-order chi connectivity index (χ0) is 19.3. The lowest BCUT2D eigenvalue weighted by molar-refractivity contribution is -0.149. The number of hydrogen-bond donors (Lipinski definition) is 1. The Balaban J connectivity index is 2.00. The van der Waals surface area contributed by atoms with Crippen molar-refractivity contribution in [2.45, 2.75) is 33.6 Å². The fourth-order valence-corrected chi connectivity index (χ4v) is 2.87. The van der Waals surface area contributed by atoms with Gasteiger partial charge in [0.2, 0.25) is 0 Å². The van der Waals surface area contributed by atoms with Gasteiger partial charge in [0, 0.05) is 10.7 Å². The molecule has 0 unspecified atom stereocenters. The zero-order valence-electron chi connectivity index (χ0n) is 15.5. The van der Waals surface area contributed by atoms with E-state index < -0.39 is 11.9 Å². The summed E-state index contributed by atoms with van der Waals surface area (Å²) < 4.78 is 5.27. The van der Waals surface area contributed by atoms with E-state index in [1.807, 2.05) is 58.0 Å². The molecule has 5 heteroatoms. The molecule has 2 aromatic rings. The lowest BCUT2D eigenvalue weighted by Crippen LogP contribution is -2.26. The van der Waals surface area contributed by atoms with Gasteiger partial charge in [0.05, 0.1) is 5.92 Å². The van der Waals surface area contributed by atoms with Crippen molar-refractivity contribution in [1.82, 2.24) is 0 Å². The van der Waals surface area contributed by atoms with E-state index in [-0.39, 0.29) is 18.4 Å². The van der Waals surface area contributed by atoms with Crippen LogP contribution in [-0.2, 0) is 14.3 Å². The van der Waals surface area contributed by atoms with Gasteiger partial charge in [-0.05, 0) is 54.7 Å². The fraction of sp³-hybridized carbons (Fsp3) is 0.333. The normalized spacial score (nSPS) is 11.9. The maximum atomic E-state index is 12.5. The van der Waals surface area contributed by atoms with Crippen LogP contribution in [0.2, 0.25) is 5.02 Å². The molecule has 0 aliphatic carbocycles. The van der Waals surface area contributed by atoms with E-state index in [0.717, 1.165) is 22.4 Å². The number of aryl methyl sites for hydroxylation is 2. The predicted molar refractivity (Wildman–Crippen MR) is 105 cm³/mol. The van der Waals surface area contributed by atoms with Gasteiger partial charge in [0.15, 0.2) is 6.61 Å². The van der Waals surface area contributed by atoms with E-state index in [1.54, 1.807) is 12.1 Å². The highest BCUT2D eigenvalue weighted by Crippen LogP contribution is 2.27. The maximum Gasteiger partial charge on any atom is 0.314 e. The minimum atomic E-state index is -0.444. The third kappa shape index (κ3) is 5.33. The van der Waals surface area contributed by atoms with Gasteiger partial charge >= 0.3 is 5.97 Å². The molecule has 1 amide bonds. The van der Waals surface area contributed by atoms with Gasteiger partial charge in [0.25, 0.3) is 5.91 Å². The van der Waals surface area contributed by atoms with Crippen LogP contribution >= 0.6 is 11.6 Å². The molecule has 0 bridgehead atoms. The van der Waals surface area contributed by atoms with Crippen LogP contribution in [0.15, 0.2) is 42.5 Å². The zero-order valence-corrected chi connectivity index (χ0v) is 16.3. The molecular weight excluding hydrogens is 350 g/mol. The van der Waals surface area contributed by atoms with Crippen LogP contribution in [0.1, 0.15) is 36.5 Å². The van der Waals surface area contributed by atoms with Crippen LogP contribution in [-0.4, -0.2) is 18.5 Å². The molecule has 0 saturated carbocycles. The van der Waals surface area contributed by atoms with Crippen LogP contribution in [0.4, 0.5) is 5.69 Å². The molecule has 1 atom stereocenters. The van der Waals surface area contributed by atoms with Crippen molar-refractivity contribution in [1.29, 1.82) is 0 Å². The molecule has 4 nitrogen and oxygen atoms in total. The first-order chi connectivity index (χ1) is 12.3. The smallest absolute Gasteiger partial charge is 0.314 e. The summed E-state index contributed by atoms with van der Waals surface area (Å²) in [5.41, 5.74) is 3.55. The van der Waals surface area contributed by atoms with Gasteiger partial charge in [-0.3, -0.25) is 9.59 Å². The molecule has 0 aromatic heterocycles. The predicted octanol–water partition coefficient (Wildman–Crippen LogP) is 4.88. The average Bonchev–Trinajstić information content (AvgIpc) is 2.58. The molecule has 138 valence electrons. The summed E-state index contributed by atoms with van der Waals surface area (Å²) in [5.74, 6) is -1.18. The van der Waals surface area contributed by atoms with E-state index in [2.05, 4.69) is 5.32 Å². The molecule has 26 heavy (non-hydrogen) atoms. The van der Waals surface area contributed by atoms with E-state index in [4.69, 9.17) is 16.3 Å². The monoisotopic (exact) mass is 373 g/mol. The minimum absolute atomic E-state index is 0.0331. The minimum Gasteiger partial charge on any atom is -0.455 e. The summed E-state index contributed by atoms with van der Waals surface area (Å²) in [6, 6.07) is 12.9. The Morgan fingerprint density at radius 2 is 1.73 bits per heavy atom. The van der Waals surface area contributed by atoms with Crippen molar-refractivity contribution in [3.05, 3.63) is 64.2 Å². The number of rotatable bonds is 6. The van der Waals surface area contributed by atoms with Crippen molar-refractivity contribution < 1.29 is 14.3 Å². The molecule has 0 spiro atoms. The Labute approximate surface area is 159 Å². The largest absolute Gasteiger partial charge is 0.455 e. The van der Waals surface area contributed by atoms with Gasteiger partial charge in [-0.1, -0.05) is 49.7 Å². The number of carbonyl (C=O) groups excluding carboxylic acids is 2. The number of anilines is 1. The molecule has 0 saturated heterocycles. The number of halogens is 1. The summed E-state index contributed by atoms with van der Waals surface area (Å²) >= 11 is 5.91. The Morgan fingerprint density at radius 3 is 2.35 bits per heavy atom. The van der Waals surface area contributed by atoms with Crippen molar-refractivity contribution >= 4 is 29.2 Å². The SMILES string of the molecule is Cc1ccc(C)c(NC(=O)COC(=O)[C@@H](c2ccc(Cl)cc2)C(C)C)c1. The average molecular weight is 374 g/mol. The standard InChI is InChI=1S/C21H24ClNO3/c1-13(2)20(16-7-9-17(22)10-8-16)21(25)26-12-19(24)23-18-11-14(3)5-6-15(18)4/h5-11,13,20H,12H2,1-4H3,(H,23,24)/t20-/m1/s1. The molecular formula is C21H24ClNO3. The highest BCUT2D eigenvalue weighted by molar-refractivity contribution is 6.30. The van der Waals surface area contributed by atoms with Gasteiger partial charge < -0.3 is 10.1 Å². The third-order valence-electron chi connectivity index (χ3n) is 4.16. The maximum absolute atomic E-state index is 12.5. The first-order valence-corrected chi connectivity index (χ1v) is 8.95. The van der Waals surface area contributed by atoms with Crippen molar-refractivity contribution in [3.63, 3.8) is 0 Å². The van der Waals surface area contributed by atoms with Crippen molar-refractivity contribution in [3.8, 4) is 0 Å². The number of carbonyl (C=O) groups is 2. The van der Waals surface area contributed by atoms with Crippen LogP contribution in [0.3, 0.4) is 0 Å². The lowest BCUT2D eigenvalue weighted by atomic mass is 9.88. The van der Waals surface area contributed by atoms with Gasteiger partial charge in [-0.2, -0.15) is 0 Å². The number of ether oxygens (including phenoxy) is 1. The number of hydrogen-bond acceptors (Lipinski definition) is 3. The van der Waals surface area contributed by atoms with Gasteiger partial charge in [-0.25, -0.2) is 0 Å². The van der Waals surface area contributed by atoms with Crippen molar-refractivity contribution in [2.75, 3.05) is 11.9 Å². The Hall–Kier alpha value is -2.33. The summed E-state index contributed by atoms with van der Waals surface area (Å²) in [4.78, 5) is 24.7. The van der Waals surface area contributed by atoms with Crippen LogP contribution in [0, 0.1) is 19.8 Å². The van der Waals surface area contributed by atoms with E-state index in [1.165, 1.54) is 0 Å². The number of esters is 1. The van der Waals surface area contributed by atoms with Crippen LogP contribution in [0.5, 0.6) is 0 Å². The van der Waals surface area contributed by atoms with Crippen LogP contribution in [0.25, 0.3) is 0 Å². The molecule has 1 N–H and O–H groups in total. The van der Waals surface area contributed by atoms with Gasteiger partial charge in [-0.15, -0.1) is 0 Å². The second-order valence-corrected chi connectivity index (χ2v) is 7.18. The Morgan fingerprint density at radius 1 is 1.08 bits per heavy atom. The highest BCUT2D eigenvalue weighted by Gasteiger charge is 2.26. The van der Waals surface area contributed by atoms with E-state index in [9.17, 15) is 9.59 Å². The molecule has 0 fully saturated rings. The number of benzene rings is 2. The summed E-state index contributed by atoms with van der Waals surface area (Å²) in [6.07, 6.45) is 0. The summed E-state index contributed by atoms with van der Waals surface area (Å²) in [7, 11) is 0. The van der Waals surface area contributed by atoms with Crippen LogP contribution < -0.4 is 5.32 Å². The molecule has 0 radical (unpaired) electrons. The fourth-order valence-electron chi connectivity index (χ4n) is 2.75. The summed E-state index contributed by atoms with van der Waals surface area (Å²) in [5, 5.41) is 3.40. The first-order valence-electron chi connectivity index (χ1n) is 8.57. The van der Waals surface area contributed by atoms with Crippen molar-refractivity contribution in [2.24, 2.45) is 5.92 Å². The highest BCUT2D eigenvalue weighted by atomic mass is 35.5. The quantitative estimate of drug-likeness (QED) is 0.734. The second-order valence-electron chi connectivity index (χ2n) is 6.75. The molecule has 0 heterocycles. The lowest BCUT2D eigenvalue weighted by Gasteiger charge is -2.20. The van der Waals surface area contributed by atoms with E-state index in [0.29, 0.717) is 5.02 Å². The second kappa shape index (κ2) is 8.86. The molecule has 0 aliphatic heterocycles. The molecule has 2 aromatic carbocycles. The number of nitrogens with one attached hydrogen (secondary N) is 1. The van der Waals surface area contributed by atoms with Gasteiger partial charge in [0.1, 0.15) is 0 Å². The molecule has 2 rings (SSSR count). The topological polar surface area (TPSA) is 55.4 Å². The molecule has 0 aliphatic rings. The Bertz CT molecular complexity index is 784.